The Morgan fingerprint density at radius 1 is 1.21 bits per heavy atom. The van der Waals surface area contributed by atoms with Gasteiger partial charge in [0.15, 0.2) is 5.96 Å². The van der Waals surface area contributed by atoms with E-state index in [-0.39, 0.29) is 0 Å². The average molecular weight is 400 g/mol. The molecule has 2 N–H and O–H groups in total. The van der Waals surface area contributed by atoms with E-state index in [2.05, 4.69) is 58.5 Å². The Labute approximate surface area is 175 Å². The quantitative estimate of drug-likeness (QED) is 0.419. The van der Waals surface area contributed by atoms with Crippen molar-refractivity contribution < 1.29 is 4.74 Å². The first-order chi connectivity index (χ1) is 14.2. The van der Waals surface area contributed by atoms with Crippen molar-refractivity contribution in [1.82, 2.24) is 15.5 Å². The van der Waals surface area contributed by atoms with Crippen LogP contribution >= 0.6 is 0 Å². The van der Waals surface area contributed by atoms with E-state index >= 15 is 0 Å². The number of rotatable bonds is 7. The van der Waals surface area contributed by atoms with Crippen molar-refractivity contribution >= 4 is 11.6 Å². The summed E-state index contributed by atoms with van der Waals surface area (Å²) >= 11 is 0. The molecule has 3 heterocycles. The molecule has 1 aromatic carbocycles. The van der Waals surface area contributed by atoms with Crippen LogP contribution in [-0.4, -0.2) is 74.9 Å². The maximum atomic E-state index is 5.96. The Bertz CT molecular complexity index is 686. The van der Waals surface area contributed by atoms with Crippen LogP contribution in [0.15, 0.2) is 29.3 Å². The summed E-state index contributed by atoms with van der Waals surface area (Å²) < 4.78 is 5.96. The smallest absolute Gasteiger partial charge is 0.191 e. The van der Waals surface area contributed by atoms with E-state index in [1.807, 2.05) is 0 Å². The van der Waals surface area contributed by atoms with Crippen LogP contribution in [0.4, 0.5) is 5.69 Å². The van der Waals surface area contributed by atoms with Gasteiger partial charge in [0.2, 0.25) is 0 Å². The number of anilines is 1. The number of guanidine groups is 1. The van der Waals surface area contributed by atoms with Crippen LogP contribution in [0.2, 0.25) is 0 Å². The Balaban J connectivity index is 1.17. The van der Waals surface area contributed by atoms with Gasteiger partial charge in [-0.25, -0.2) is 0 Å². The summed E-state index contributed by atoms with van der Waals surface area (Å²) in [5.41, 5.74) is 2.70. The number of ether oxygens (including phenoxy) is 1. The van der Waals surface area contributed by atoms with Crippen molar-refractivity contribution in [3.63, 3.8) is 0 Å². The van der Waals surface area contributed by atoms with Crippen molar-refractivity contribution in [3.8, 4) is 0 Å². The van der Waals surface area contributed by atoms with Crippen molar-refractivity contribution in [3.05, 3.63) is 29.8 Å². The fourth-order valence-electron chi connectivity index (χ4n) is 4.82. The van der Waals surface area contributed by atoms with Crippen LogP contribution in [0.25, 0.3) is 0 Å². The lowest BCUT2D eigenvalue weighted by Crippen LogP contribution is -2.47. The highest BCUT2D eigenvalue weighted by molar-refractivity contribution is 5.80. The van der Waals surface area contributed by atoms with Gasteiger partial charge in [0.1, 0.15) is 0 Å². The topological polar surface area (TPSA) is 52.1 Å². The van der Waals surface area contributed by atoms with E-state index in [0.29, 0.717) is 18.2 Å². The molecule has 3 unspecified atom stereocenters. The Kier molecular flexibility index (Phi) is 6.93. The Morgan fingerprint density at radius 3 is 2.76 bits per heavy atom. The molecule has 0 aliphatic carbocycles. The fraction of sp³-hybridized carbons (Fsp3) is 0.696. The third-order valence-corrected chi connectivity index (χ3v) is 6.41. The highest BCUT2D eigenvalue weighted by Crippen LogP contribution is 2.34. The maximum absolute atomic E-state index is 5.96. The second-order valence-electron chi connectivity index (χ2n) is 8.64. The van der Waals surface area contributed by atoms with Gasteiger partial charge in [0.25, 0.3) is 0 Å². The molecule has 0 amide bonds. The van der Waals surface area contributed by atoms with Gasteiger partial charge in [-0.2, -0.15) is 0 Å². The standard InChI is InChI=1S/C23H37N5O/c1-3-24-23(26-21-17-20-8-9-22(21)29-20)25-10-5-11-27-12-14-28(15-13-27)19-7-4-6-18(2)16-19/h4,6-7,16,20-22H,3,5,8-15,17H2,1-2H3,(H2,24,25,26). The van der Waals surface area contributed by atoms with Crippen LogP contribution in [0.3, 0.4) is 0 Å². The lowest BCUT2D eigenvalue weighted by Gasteiger charge is -2.36. The van der Waals surface area contributed by atoms with Crippen molar-refractivity contribution in [2.24, 2.45) is 4.99 Å². The third kappa shape index (κ3) is 5.43. The molecule has 160 valence electrons. The first-order valence-corrected chi connectivity index (χ1v) is 11.5. The first kappa shape index (κ1) is 20.5. The molecule has 2 bridgehead atoms. The highest BCUT2D eigenvalue weighted by Gasteiger charge is 2.41. The average Bonchev–Trinajstić information content (AvgIpc) is 3.35. The van der Waals surface area contributed by atoms with Gasteiger partial charge in [-0.1, -0.05) is 12.1 Å². The largest absolute Gasteiger partial charge is 0.373 e. The van der Waals surface area contributed by atoms with Crippen molar-refractivity contribution in [2.45, 2.75) is 57.8 Å². The predicted molar refractivity (Wildman–Crippen MR) is 120 cm³/mol. The molecule has 0 spiro atoms. The zero-order chi connectivity index (χ0) is 20.1. The second-order valence-corrected chi connectivity index (χ2v) is 8.64. The zero-order valence-electron chi connectivity index (χ0n) is 18.1. The maximum Gasteiger partial charge on any atom is 0.191 e. The minimum Gasteiger partial charge on any atom is -0.373 e. The van der Waals surface area contributed by atoms with E-state index in [4.69, 9.17) is 9.73 Å². The molecule has 3 aliphatic heterocycles. The number of piperazine rings is 1. The summed E-state index contributed by atoms with van der Waals surface area (Å²) in [6.45, 7) is 11.7. The molecule has 6 nitrogen and oxygen atoms in total. The van der Waals surface area contributed by atoms with Crippen LogP contribution in [0.5, 0.6) is 0 Å². The van der Waals surface area contributed by atoms with Crippen LogP contribution < -0.4 is 15.5 Å². The summed E-state index contributed by atoms with van der Waals surface area (Å²) in [5.74, 6) is 0.956. The molecular weight excluding hydrogens is 362 g/mol. The molecule has 3 saturated heterocycles. The lowest BCUT2D eigenvalue weighted by molar-refractivity contribution is 0.0992. The molecule has 4 rings (SSSR count). The van der Waals surface area contributed by atoms with E-state index in [9.17, 15) is 0 Å². The van der Waals surface area contributed by atoms with E-state index in [0.717, 1.165) is 64.6 Å². The normalized spacial score (nSPS) is 27.4. The summed E-state index contributed by atoms with van der Waals surface area (Å²) in [6, 6.07) is 9.28. The number of hydrogen-bond acceptors (Lipinski definition) is 4. The number of nitrogens with one attached hydrogen (secondary N) is 2. The Morgan fingerprint density at radius 2 is 2.07 bits per heavy atom. The molecular formula is C23H37N5O. The van der Waals surface area contributed by atoms with Gasteiger partial charge in [-0.05, 0) is 57.2 Å². The summed E-state index contributed by atoms with van der Waals surface area (Å²) in [4.78, 5) is 9.90. The molecule has 0 saturated carbocycles. The van der Waals surface area contributed by atoms with Gasteiger partial charge in [0.05, 0.1) is 18.2 Å². The Hall–Kier alpha value is -1.79. The molecule has 6 heteroatoms. The first-order valence-electron chi connectivity index (χ1n) is 11.5. The number of nitrogens with zero attached hydrogens (tertiary/aromatic N) is 3. The van der Waals surface area contributed by atoms with E-state index < -0.39 is 0 Å². The van der Waals surface area contributed by atoms with Crippen molar-refractivity contribution in [2.75, 3.05) is 50.7 Å². The minimum absolute atomic E-state index is 0.383. The summed E-state index contributed by atoms with van der Waals surface area (Å²) in [6.07, 6.45) is 5.51. The van der Waals surface area contributed by atoms with Gasteiger partial charge in [-0.3, -0.25) is 9.89 Å². The van der Waals surface area contributed by atoms with Gasteiger partial charge >= 0.3 is 0 Å². The SMILES string of the molecule is CCNC(=NCCCN1CCN(c2cccc(C)c2)CC1)NC1CC2CCC1O2. The van der Waals surface area contributed by atoms with Crippen LogP contribution in [0, 0.1) is 6.92 Å². The molecule has 3 aliphatic rings. The monoisotopic (exact) mass is 399 g/mol. The number of aryl methyl sites for hydroxylation is 1. The summed E-state index contributed by atoms with van der Waals surface area (Å²) in [7, 11) is 0. The second kappa shape index (κ2) is 9.81. The van der Waals surface area contributed by atoms with Gasteiger partial charge in [0, 0.05) is 51.5 Å². The van der Waals surface area contributed by atoms with Crippen molar-refractivity contribution in [1.29, 1.82) is 0 Å². The molecule has 3 fully saturated rings. The predicted octanol–water partition coefficient (Wildman–Crippen LogP) is 2.38. The summed E-state index contributed by atoms with van der Waals surface area (Å²) in [5, 5.41) is 7.01. The molecule has 0 radical (unpaired) electrons. The van der Waals surface area contributed by atoms with Gasteiger partial charge in [-0.15, -0.1) is 0 Å². The lowest BCUT2D eigenvalue weighted by atomic mass is 9.96. The molecule has 0 aromatic heterocycles. The molecule has 3 atom stereocenters. The zero-order valence-corrected chi connectivity index (χ0v) is 18.1. The highest BCUT2D eigenvalue weighted by atomic mass is 16.5. The fourth-order valence-corrected chi connectivity index (χ4v) is 4.82. The number of benzene rings is 1. The van der Waals surface area contributed by atoms with Crippen LogP contribution in [-0.2, 0) is 4.74 Å². The number of fused-ring (bicyclic) bond motifs is 2. The third-order valence-electron chi connectivity index (χ3n) is 6.41. The van der Waals surface area contributed by atoms with E-state index in [1.165, 1.54) is 24.1 Å². The molecule has 29 heavy (non-hydrogen) atoms. The number of hydrogen-bond donors (Lipinski definition) is 2. The molecule has 1 aromatic rings. The number of aliphatic imine (C=N–C) groups is 1. The van der Waals surface area contributed by atoms with Crippen LogP contribution in [0.1, 0.15) is 38.2 Å². The minimum atomic E-state index is 0.383. The van der Waals surface area contributed by atoms with Gasteiger partial charge < -0.3 is 20.3 Å². The van der Waals surface area contributed by atoms with E-state index in [1.54, 1.807) is 0 Å².